The van der Waals surface area contributed by atoms with Crippen LogP contribution in [-0.2, 0) is 20.8 Å². The maximum Gasteiger partial charge on any atom is 0.249 e. The van der Waals surface area contributed by atoms with Crippen LogP contribution in [0.3, 0.4) is 0 Å². The van der Waals surface area contributed by atoms with Gasteiger partial charge >= 0.3 is 0 Å². The summed E-state index contributed by atoms with van der Waals surface area (Å²) in [7, 11) is 1.62. The van der Waals surface area contributed by atoms with Gasteiger partial charge in [-0.05, 0) is 43.4 Å². The maximum atomic E-state index is 13.3. The summed E-state index contributed by atoms with van der Waals surface area (Å²) in [6.45, 7) is 3.61. The van der Waals surface area contributed by atoms with Crippen molar-refractivity contribution in [3.8, 4) is 0 Å². The third-order valence-corrected chi connectivity index (χ3v) is 5.21. The smallest absolute Gasteiger partial charge is 0.249 e. The summed E-state index contributed by atoms with van der Waals surface area (Å²) in [5, 5.41) is 2.86. The van der Waals surface area contributed by atoms with Crippen LogP contribution in [0.15, 0.2) is 24.3 Å². The van der Waals surface area contributed by atoms with E-state index in [1.807, 2.05) is 6.07 Å². The van der Waals surface area contributed by atoms with Crippen molar-refractivity contribution in [1.29, 1.82) is 0 Å². The number of ether oxygens (including phenoxy) is 2. The van der Waals surface area contributed by atoms with Crippen LogP contribution in [0.1, 0.15) is 31.2 Å². The highest BCUT2D eigenvalue weighted by molar-refractivity contribution is 5.81. The first-order valence-corrected chi connectivity index (χ1v) is 9.01. The van der Waals surface area contributed by atoms with Crippen molar-refractivity contribution in [3.63, 3.8) is 0 Å². The summed E-state index contributed by atoms with van der Waals surface area (Å²) >= 11 is 0. The maximum absolute atomic E-state index is 13.3. The molecule has 3 rings (SSSR count). The first-order valence-electron chi connectivity index (χ1n) is 9.01. The fourth-order valence-electron chi connectivity index (χ4n) is 3.77. The number of halogens is 1. The van der Waals surface area contributed by atoms with Crippen LogP contribution in [0.5, 0.6) is 0 Å². The number of hydrogen-bond donors (Lipinski definition) is 1. The molecule has 138 valence electrons. The molecule has 2 heterocycles. The Labute approximate surface area is 148 Å². The second-order valence-corrected chi connectivity index (χ2v) is 7.02. The van der Waals surface area contributed by atoms with E-state index in [2.05, 4.69) is 10.2 Å². The lowest BCUT2D eigenvalue weighted by Crippen LogP contribution is -2.45. The lowest BCUT2D eigenvalue weighted by Gasteiger charge is -2.39. The Bertz CT molecular complexity index is 588. The minimum Gasteiger partial charge on any atom is -0.383 e. The van der Waals surface area contributed by atoms with Crippen molar-refractivity contribution in [1.82, 2.24) is 10.2 Å². The van der Waals surface area contributed by atoms with Gasteiger partial charge in [-0.15, -0.1) is 0 Å². The highest BCUT2D eigenvalue weighted by Gasteiger charge is 2.44. The Morgan fingerprint density at radius 1 is 1.40 bits per heavy atom. The van der Waals surface area contributed by atoms with Crippen LogP contribution in [0.2, 0.25) is 0 Å². The molecule has 1 aromatic carbocycles. The molecule has 2 saturated heterocycles. The molecular weight excluding hydrogens is 323 g/mol. The van der Waals surface area contributed by atoms with Crippen molar-refractivity contribution in [2.45, 2.75) is 43.9 Å². The molecule has 0 unspecified atom stereocenters. The second-order valence-electron chi connectivity index (χ2n) is 7.02. The van der Waals surface area contributed by atoms with E-state index in [0.29, 0.717) is 13.2 Å². The number of carbonyl (C=O) groups excluding carboxylic acids is 1. The molecule has 0 saturated carbocycles. The van der Waals surface area contributed by atoms with E-state index in [1.165, 1.54) is 6.07 Å². The predicted octanol–water partition coefficient (Wildman–Crippen LogP) is 2.10. The van der Waals surface area contributed by atoms with Crippen LogP contribution in [0, 0.1) is 5.82 Å². The largest absolute Gasteiger partial charge is 0.383 e. The topological polar surface area (TPSA) is 50.8 Å². The number of likely N-dealkylation sites (tertiary alicyclic amines) is 1. The minimum atomic E-state index is -0.341. The average molecular weight is 350 g/mol. The Morgan fingerprint density at radius 3 is 2.92 bits per heavy atom. The van der Waals surface area contributed by atoms with E-state index in [-0.39, 0.29) is 23.4 Å². The molecule has 5 nitrogen and oxygen atoms in total. The lowest BCUT2D eigenvalue weighted by atomic mass is 9.88. The van der Waals surface area contributed by atoms with Gasteiger partial charge in [-0.25, -0.2) is 4.39 Å². The highest BCUT2D eigenvalue weighted by atomic mass is 19.1. The molecule has 0 radical (unpaired) electrons. The molecular formula is C19H27FN2O3. The van der Waals surface area contributed by atoms with Crippen LogP contribution < -0.4 is 5.32 Å². The van der Waals surface area contributed by atoms with Crippen molar-refractivity contribution in [2.75, 3.05) is 33.4 Å². The molecule has 1 atom stereocenters. The number of nitrogens with zero attached hydrogens (tertiary/aromatic N) is 1. The van der Waals surface area contributed by atoms with Gasteiger partial charge in [-0.2, -0.15) is 0 Å². The number of carbonyl (C=O) groups is 1. The Kier molecular flexibility index (Phi) is 6.04. The normalized spacial score (nSPS) is 23.0. The summed E-state index contributed by atoms with van der Waals surface area (Å²) in [5.74, 6) is -0.219. The number of amides is 1. The summed E-state index contributed by atoms with van der Waals surface area (Å²) in [5.41, 5.74) is 0.834. The number of hydrogen-bond acceptors (Lipinski definition) is 4. The van der Waals surface area contributed by atoms with Crippen molar-refractivity contribution >= 4 is 5.91 Å². The molecule has 2 aliphatic heterocycles. The van der Waals surface area contributed by atoms with E-state index < -0.39 is 0 Å². The zero-order valence-electron chi connectivity index (χ0n) is 14.8. The first-order chi connectivity index (χ1) is 12.1. The monoisotopic (exact) mass is 350 g/mol. The molecule has 1 spiro atoms. The summed E-state index contributed by atoms with van der Waals surface area (Å²) in [6.07, 6.45) is 3.21. The molecule has 25 heavy (non-hydrogen) atoms. The molecule has 6 heteroatoms. The minimum absolute atomic E-state index is 0.0314. The molecule has 2 aliphatic rings. The zero-order valence-corrected chi connectivity index (χ0v) is 14.8. The molecule has 0 aromatic heterocycles. The van der Waals surface area contributed by atoms with Gasteiger partial charge in [0.15, 0.2) is 0 Å². The van der Waals surface area contributed by atoms with Gasteiger partial charge in [-0.1, -0.05) is 12.1 Å². The summed E-state index contributed by atoms with van der Waals surface area (Å²) in [4.78, 5) is 14.5. The Morgan fingerprint density at radius 2 is 2.20 bits per heavy atom. The number of methoxy groups -OCH3 is 1. The Balaban J connectivity index is 1.46. The van der Waals surface area contributed by atoms with E-state index in [4.69, 9.17) is 9.47 Å². The van der Waals surface area contributed by atoms with E-state index in [1.54, 1.807) is 19.2 Å². The van der Waals surface area contributed by atoms with Crippen LogP contribution in [0.25, 0.3) is 0 Å². The zero-order chi connectivity index (χ0) is 17.7. The second kappa shape index (κ2) is 8.25. The van der Waals surface area contributed by atoms with Gasteiger partial charge in [-0.3, -0.25) is 9.69 Å². The first kappa shape index (κ1) is 18.3. The summed E-state index contributed by atoms with van der Waals surface area (Å²) in [6, 6.07) is 6.78. The summed E-state index contributed by atoms with van der Waals surface area (Å²) < 4.78 is 24.4. The van der Waals surface area contributed by atoms with Gasteiger partial charge < -0.3 is 14.8 Å². The molecule has 1 N–H and O–H groups in total. The fourth-order valence-corrected chi connectivity index (χ4v) is 3.77. The SMILES string of the molecule is COCCNC(=O)[C@H]1CCC2(CCN(Cc3cccc(F)c3)CC2)O1. The quantitative estimate of drug-likeness (QED) is 0.799. The standard InChI is InChI=1S/C19H27FN2O3/c1-24-12-9-21-18(23)17-5-6-19(25-17)7-10-22(11-8-19)14-15-3-2-4-16(20)13-15/h2-4,13,17H,5-12,14H2,1H3,(H,21,23)/t17-/m1/s1. The van der Waals surface area contributed by atoms with Gasteiger partial charge in [0.2, 0.25) is 5.91 Å². The molecule has 1 aromatic rings. The van der Waals surface area contributed by atoms with Crippen molar-refractivity contribution in [2.24, 2.45) is 0 Å². The van der Waals surface area contributed by atoms with E-state index in [9.17, 15) is 9.18 Å². The third-order valence-electron chi connectivity index (χ3n) is 5.21. The Hall–Kier alpha value is -1.50. The number of rotatable bonds is 6. The molecule has 0 aliphatic carbocycles. The van der Waals surface area contributed by atoms with Crippen LogP contribution in [-0.4, -0.2) is 55.9 Å². The van der Waals surface area contributed by atoms with Gasteiger partial charge in [0.05, 0.1) is 12.2 Å². The fraction of sp³-hybridized carbons (Fsp3) is 0.632. The van der Waals surface area contributed by atoms with E-state index in [0.717, 1.165) is 50.9 Å². The van der Waals surface area contributed by atoms with Gasteiger partial charge in [0.1, 0.15) is 11.9 Å². The molecule has 2 fully saturated rings. The highest BCUT2D eigenvalue weighted by Crippen LogP contribution is 2.39. The third kappa shape index (κ3) is 4.77. The van der Waals surface area contributed by atoms with Crippen LogP contribution >= 0.6 is 0 Å². The number of piperidine rings is 1. The number of benzene rings is 1. The molecule has 0 bridgehead atoms. The van der Waals surface area contributed by atoms with E-state index >= 15 is 0 Å². The van der Waals surface area contributed by atoms with Crippen molar-refractivity contribution in [3.05, 3.63) is 35.6 Å². The van der Waals surface area contributed by atoms with Gasteiger partial charge in [0.25, 0.3) is 0 Å². The average Bonchev–Trinajstić information content (AvgIpc) is 3.01. The van der Waals surface area contributed by atoms with Crippen molar-refractivity contribution < 1.29 is 18.7 Å². The molecule has 1 amide bonds. The van der Waals surface area contributed by atoms with Crippen LogP contribution in [0.4, 0.5) is 4.39 Å². The lowest BCUT2D eigenvalue weighted by molar-refractivity contribution is -0.141. The number of nitrogens with one attached hydrogen (secondary N) is 1. The predicted molar refractivity (Wildman–Crippen MR) is 92.6 cm³/mol. The van der Waals surface area contributed by atoms with Gasteiger partial charge in [0, 0.05) is 33.3 Å².